The number of nitrogens with zero attached hydrogens (tertiary/aromatic N) is 1. The van der Waals surface area contributed by atoms with E-state index in [2.05, 4.69) is 10.6 Å². The first kappa shape index (κ1) is 16.1. The number of aryl methyl sites for hydroxylation is 1. The molecule has 128 valence electrons. The third-order valence-corrected chi connectivity index (χ3v) is 5.84. The number of hydrogen-bond donors (Lipinski definition) is 0. The predicted molar refractivity (Wildman–Crippen MR) is 96.7 cm³/mol. The largest absolute Gasteiger partial charge is 0.344 e. The molecule has 0 aliphatic carbocycles. The number of fused-ring (bicyclic) bond motifs is 1. The Bertz CT molecular complexity index is 1030. The molecule has 0 atom stereocenters. The lowest BCUT2D eigenvalue weighted by atomic mass is 10.0. The molecule has 0 fully saturated rings. The molecule has 4 rings (SSSR count). The fourth-order valence-electron chi connectivity index (χ4n) is 3.50. The van der Waals surface area contributed by atoms with Gasteiger partial charge in [-0.15, -0.1) is 0 Å². The van der Waals surface area contributed by atoms with Crippen molar-refractivity contribution in [1.29, 1.82) is 0 Å². The van der Waals surface area contributed by atoms with Crippen LogP contribution in [0.5, 0.6) is 0 Å². The van der Waals surface area contributed by atoms with Crippen molar-refractivity contribution < 1.29 is 12.8 Å². The Morgan fingerprint density at radius 2 is 1.60 bits per heavy atom. The summed E-state index contributed by atoms with van der Waals surface area (Å²) in [7, 11) is -3.21. The third kappa shape index (κ3) is 2.89. The van der Waals surface area contributed by atoms with Gasteiger partial charge in [0.25, 0.3) is 0 Å². The summed E-state index contributed by atoms with van der Waals surface area (Å²) in [5.74, 6) is -0.254. The summed E-state index contributed by atoms with van der Waals surface area (Å²) in [6.45, 7) is 0.948. The molecule has 0 amide bonds. The van der Waals surface area contributed by atoms with E-state index in [1.54, 1.807) is 24.3 Å². The number of rotatable bonds is 3. The normalized spacial score (nSPS) is 13.8. The van der Waals surface area contributed by atoms with Crippen molar-refractivity contribution in [3.05, 3.63) is 66.1 Å². The Hall–Kier alpha value is -2.40. The Kier molecular flexibility index (Phi) is 3.76. The maximum Gasteiger partial charge on any atom is 0.175 e. The van der Waals surface area contributed by atoms with Crippen molar-refractivity contribution in [3.8, 4) is 22.4 Å². The van der Waals surface area contributed by atoms with Gasteiger partial charge in [-0.1, -0.05) is 12.1 Å². The lowest BCUT2D eigenvalue weighted by Gasteiger charge is -2.11. The van der Waals surface area contributed by atoms with Crippen LogP contribution in [-0.2, 0) is 22.8 Å². The monoisotopic (exact) mass is 355 g/mol. The topological polar surface area (TPSA) is 39.1 Å². The fourth-order valence-corrected chi connectivity index (χ4v) is 4.13. The smallest absolute Gasteiger partial charge is 0.175 e. The van der Waals surface area contributed by atoms with Crippen molar-refractivity contribution >= 4 is 9.84 Å². The van der Waals surface area contributed by atoms with Crippen LogP contribution >= 0.6 is 0 Å². The summed E-state index contributed by atoms with van der Waals surface area (Å²) in [5.41, 5.74) is 5.33. The highest BCUT2D eigenvalue weighted by molar-refractivity contribution is 7.90. The van der Waals surface area contributed by atoms with E-state index >= 15 is 0 Å². The molecule has 0 spiro atoms. The summed E-state index contributed by atoms with van der Waals surface area (Å²) in [6, 6.07) is 15.7. The molecule has 0 N–H and O–H groups in total. The van der Waals surface area contributed by atoms with Crippen molar-refractivity contribution in [2.24, 2.45) is 0 Å². The van der Waals surface area contributed by atoms with Crippen molar-refractivity contribution in [1.82, 2.24) is 4.57 Å². The molecular formula is C20H18FNO2S. The first-order valence-electron chi connectivity index (χ1n) is 8.22. The van der Waals surface area contributed by atoms with Gasteiger partial charge >= 0.3 is 0 Å². The van der Waals surface area contributed by atoms with Crippen LogP contribution in [0, 0.1) is 5.82 Å². The molecule has 0 bridgehead atoms. The van der Waals surface area contributed by atoms with Crippen LogP contribution in [-0.4, -0.2) is 19.2 Å². The van der Waals surface area contributed by atoms with E-state index in [-0.39, 0.29) is 5.82 Å². The van der Waals surface area contributed by atoms with Crippen LogP contribution in [0.2, 0.25) is 0 Å². The van der Waals surface area contributed by atoms with Crippen LogP contribution in [0.4, 0.5) is 4.39 Å². The van der Waals surface area contributed by atoms with E-state index < -0.39 is 9.84 Å². The Balaban J connectivity index is 1.87. The van der Waals surface area contributed by atoms with Gasteiger partial charge in [-0.2, -0.15) is 0 Å². The first-order valence-corrected chi connectivity index (χ1v) is 10.1. The van der Waals surface area contributed by atoms with Crippen molar-refractivity contribution in [2.45, 2.75) is 24.3 Å². The second kappa shape index (κ2) is 5.85. The number of sulfone groups is 1. The van der Waals surface area contributed by atoms with E-state index in [0.29, 0.717) is 4.90 Å². The lowest BCUT2D eigenvalue weighted by molar-refractivity contribution is 0.602. The molecule has 0 saturated carbocycles. The maximum absolute atomic E-state index is 13.3. The van der Waals surface area contributed by atoms with Gasteiger partial charge in [0.2, 0.25) is 0 Å². The van der Waals surface area contributed by atoms with Gasteiger partial charge in [0.15, 0.2) is 9.84 Å². The molecule has 25 heavy (non-hydrogen) atoms. The van der Waals surface area contributed by atoms with E-state index in [1.807, 2.05) is 12.1 Å². The van der Waals surface area contributed by atoms with Gasteiger partial charge in [0, 0.05) is 24.1 Å². The van der Waals surface area contributed by atoms with Gasteiger partial charge in [-0.25, -0.2) is 12.8 Å². The number of hydrogen-bond acceptors (Lipinski definition) is 2. The molecule has 0 saturated heterocycles. The molecule has 2 heterocycles. The highest BCUT2D eigenvalue weighted by Crippen LogP contribution is 2.38. The quantitative estimate of drug-likeness (QED) is 0.702. The third-order valence-electron chi connectivity index (χ3n) is 4.71. The summed E-state index contributed by atoms with van der Waals surface area (Å²) < 4.78 is 39.0. The Morgan fingerprint density at radius 1 is 0.960 bits per heavy atom. The van der Waals surface area contributed by atoms with E-state index in [0.717, 1.165) is 41.8 Å². The molecule has 5 heteroatoms. The molecule has 1 aliphatic rings. The standard InChI is InChI=1S/C20H18FNO2S/c1-25(23,24)18-10-6-14(7-11-18)19-13-17-3-2-12-22(17)20(19)15-4-8-16(21)9-5-15/h4-11,13H,2-3,12H2,1H3. The Labute approximate surface area is 146 Å². The van der Waals surface area contributed by atoms with Crippen LogP contribution in [0.25, 0.3) is 22.4 Å². The zero-order chi connectivity index (χ0) is 17.6. The number of benzene rings is 2. The molecule has 1 aromatic heterocycles. The first-order chi connectivity index (χ1) is 11.9. The predicted octanol–water partition coefficient (Wildman–Crippen LogP) is 4.31. The van der Waals surface area contributed by atoms with E-state index in [1.165, 1.54) is 24.1 Å². The summed E-state index contributed by atoms with van der Waals surface area (Å²) in [4.78, 5) is 0.311. The minimum absolute atomic E-state index is 0.254. The van der Waals surface area contributed by atoms with Gasteiger partial charge in [-0.3, -0.25) is 0 Å². The number of aromatic nitrogens is 1. The van der Waals surface area contributed by atoms with E-state index in [9.17, 15) is 12.8 Å². The van der Waals surface area contributed by atoms with Crippen molar-refractivity contribution in [3.63, 3.8) is 0 Å². The van der Waals surface area contributed by atoms with Crippen LogP contribution in [0.1, 0.15) is 12.1 Å². The van der Waals surface area contributed by atoms with Gasteiger partial charge in [-0.05, 0) is 66.4 Å². The van der Waals surface area contributed by atoms with Crippen LogP contribution in [0.3, 0.4) is 0 Å². The van der Waals surface area contributed by atoms with Crippen LogP contribution in [0.15, 0.2) is 59.5 Å². The zero-order valence-electron chi connectivity index (χ0n) is 13.9. The molecule has 1 aliphatic heterocycles. The molecule has 0 unspecified atom stereocenters. The van der Waals surface area contributed by atoms with Crippen molar-refractivity contribution in [2.75, 3.05) is 6.26 Å². The lowest BCUT2D eigenvalue weighted by Crippen LogP contribution is -1.97. The van der Waals surface area contributed by atoms with Gasteiger partial charge in [0.05, 0.1) is 10.6 Å². The Morgan fingerprint density at radius 3 is 2.24 bits per heavy atom. The SMILES string of the molecule is CS(=O)(=O)c1ccc(-c2cc3n(c2-c2ccc(F)cc2)CCC3)cc1. The number of halogens is 1. The average molecular weight is 355 g/mol. The van der Waals surface area contributed by atoms with Crippen LogP contribution < -0.4 is 0 Å². The average Bonchev–Trinajstić information content (AvgIpc) is 3.16. The maximum atomic E-state index is 13.3. The minimum atomic E-state index is -3.21. The molecule has 3 aromatic rings. The van der Waals surface area contributed by atoms with Gasteiger partial charge in [0.1, 0.15) is 5.82 Å². The second-order valence-corrected chi connectivity index (χ2v) is 8.47. The van der Waals surface area contributed by atoms with E-state index in [4.69, 9.17) is 0 Å². The highest BCUT2D eigenvalue weighted by Gasteiger charge is 2.21. The highest BCUT2D eigenvalue weighted by atomic mass is 32.2. The molecule has 2 aromatic carbocycles. The summed E-state index contributed by atoms with van der Waals surface area (Å²) >= 11 is 0. The molecular weight excluding hydrogens is 337 g/mol. The second-order valence-electron chi connectivity index (χ2n) is 6.46. The summed E-state index contributed by atoms with van der Waals surface area (Å²) in [6.07, 6.45) is 3.34. The minimum Gasteiger partial charge on any atom is -0.344 e. The molecule has 0 radical (unpaired) electrons. The summed E-state index contributed by atoms with van der Waals surface area (Å²) in [5, 5.41) is 0. The fraction of sp³-hybridized carbons (Fsp3) is 0.200. The van der Waals surface area contributed by atoms with Gasteiger partial charge < -0.3 is 4.57 Å². The molecule has 3 nitrogen and oxygen atoms in total. The zero-order valence-corrected chi connectivity index (χ0v) is 14.7.